The Morgan fingerprint density at radius 3 is 2.28 bits per heavy atom. The summed E-state index contributed by atoms with van der Waals surface area (Å²) in [6.07, 6.45) is -5.56. The quantitative estimate of drug-likeness (QED) is 0.775. The molecule has 106 valence electrons. The largest absolute Gasteiger partial charge is 0.481 e. The minimum Gasteiger partial charge on any atom is -0.481 e. The van der Waals surface area contributed by atoms with Crippen molar-refractivity contribution in [2.75, 3.05) is 13.2 Å². The molecule has 0 bridgehead atoms. The van der Waals surface area contributed by atoms with Gasteiger partial charge in [-0.25, -0.2) is 4.79 Å². The van der Waals surface area contributed by atoms with Crippen molar-refractivity contribution in [3.63, 3.8) is 0 Å². The molecular formula is C10H16F3NO4. The maximum Gasteiger partial charge on any atom is 0.422 e. The molecule has 0 saturated carbocycles. The molecule has 0 heterocycles. The first-order valence-electron chi connectivity index (χ1n) is 5.32. The Kier molecular flexibility index (Phi) is 6.50. The molecule has 8 heteroatoms. The second kappa shape index (κ2) is 7.07. The van der Waals surface area contributed by atoms with Gasteiger partial charge in [-0.1, -0.05) is 13.8 Å². The van der Waals surface area contributed by atoms with E-state index >= 15 is 0 Å². The Morgan fingerprint density at radius 2 is 1.89 bits per heavy atom. The standard InChI is InChI=1S/C10H16F3NO4/c1-6(2)3-7(8(15)16)4-14-9(17)18-5-10(11,12)13/h6-7H,3-5H2,1-2H3,(H,14,17)(H,15,16). The van der Waals surface area contributed by atoms with E-state index < -0.39 is 30.8 Å². The van der Waals surface area contributed by atoms with Gasteiger partial charge in [0.05, 0.1) is 5.92 Å². The van der Waals surface area contributed by atoms with E-state index in [0.29, 0.717) is 6.42 Å². The lowest BCUT2D eigenvalue weighted by molar-refractivity contribution is -0.160. The van der Waals surface area contributed by atoms with E-state index in [1.807, 2.05) is 5.32 Å². The molecule has 0 saturated heterocycles. The van der Waals surface area contributed by atoms with E-state index in [0.717, 1.165) is 0 Å². The fourth-order valence-electron chi connectivity index (χ4n) is 1.25. The van der Waals surface area contributed by atoms with E-state index in [1.54, 1.807) is 13.8 Å². The highest BCUT2D eigenvalue weighted by Gasteiger charge is 2.29. The molecule has 1 amide bonds. The first-order valence-corrected chi connectivity index (χ1v) is 5.32. The smallest absolute Gasteiger partial charge is 0.422 e. The van der Waals surface area contributed by atoms with Gasteiger partial charge in [0.2, 0.25) is 0 Å². The van der Waals surface area contributed by atoms with Crippen LogP contribution in [0.2, 0.25) is 0 Å². The van der Waals surface area contributed by atoms with Crippen molar-refractivity contribution in [1.82, 2.24) is 5.32 Å². The minimum atomic E-state index is -4.60. The molecule has 0 spiro atoms. The maximum atomic E-state index is 11.7. The zero-order chi connectivity index (χ0) is 14.3. The molecule has 0 aromatic carbocycles. The van der Waals surface area contributed by atoms with Crippen molar-refractivity contribution < 1.29 is 32.6 Å². The number of hydrogen-bond donors (Lipinski definition) is 2. The average Bonchev–Trinajstić information content (AvgIpc) is 2.19. The lowest BCUT2D eigenvalue weighted by Gasteiger charge is -2.15. The highest BCUT2D eigenvalue weighted by molar-refractivity contribution is 5.72. The van der Waals surface area contributed by atoms with Crippen LogP contribution >= 0.6 is 0 Å². The predicted molar refractivity (Wildman–Crippen MR) is 56.0 cm³/mol. The number of carbonyl (C=O) groups excluding carboxylic acids is 1. The molecule has 0 aliphatic rings. The number of halogens is 3. The fourth-order valence-corrected chi connectivity index (χ4v) is 1.25. The molecule has 0 aliphatic heterocycles. The van der Waals surface area contributed by atoms with E-state index in [4.69, 9.17) is 5.11 Å². The Labute approximate surface area is 102 Å². The summed E-state index contributed by atoms with van der Waals surface area (Å²) in [5, 5.41) is 10.8. The minimum absolute atomic E-state index is 0.0964. The number of alkyl halides is 3. The van der Waals surface area contributed by atoms with Gasteiger partial charge in [-0.05, 0) is 12.3 Å². The van der Waals surface area contributed by atoms with Gasteiger partial charge in [0.25, 0.3) is 0 Å². The van der Waals surface area contributed by atoms with Crippen LogP contribution in [0.15, 0.2) is 0 Å². The number of carboxylic acids is 1. The summed E-state index contributed by atoms with van der Waals surface area (Å²) in [7, 11) is 0. The van der Waals surface area contributed by atoms with Crippen LogP contribution in [0.3, 0.4) is 0 Å². The maximum absolute atomic E-state index is 11.7. The lowest BCUT2D eigenvalue weighted by atomic mass is 9.97. The van der Waals surface area contributed by atoms with Gasteiger partial charge in [0.15, 0.2) is 6.61 Å². The zero-order valence-corrected chi connectivity index (χ0v) is 10.1. The van der Waals surface area contributed by atoms with Crippen molar-refractivity contribution in [3.8, 4) is 0 Å². The van der Waals surface area contributed by atoms with Crippen LogP contribution in [0.25, 0.3) is 0 Å². The van der Waals surface area contributed by atoms with E-state index in [2.05, 4.69) is 4.74 Å². The van der Waals surface area contributed by atoms with Crippen molar-refractivity contribution in [2.45, 2.75) is 26.4 Å². The highest BCUT2D eigenvalue weighted by Crippen LogP contribution is 2.14. The SMILES string of the molecule is CC(C)CC(CNC(=O)OCC(F)(F)F)C(=O)O. The summed E-state index contributed by atoms with van der Waals surface area (Å²) < 4.78 is 39.0. The van der Waals surface area contributed by atoms with Crippen LogP contribution in [0.1, 0.15) is 20.3 Å². The number of hydrogen-bond acceptors (Lipinski definition) is 3. The van der Waals surface area contributed by atoms with Gasteiger partial charge in [-0.15, -0.1) is 0 Å². The second-order valence-corrected chi connectivity index (χ2v) is 4.24. The van der Waals surface area contributed by atoms with Crippen LogP contribution in [-0.4, -0.2) is 36.5 Å². The molecule has 0 aromatic heterocycles. The van der Waals surface area contributed by atoms with E-state index in [1.165, 1.54) is 0 Å². The third-order valence-corrected chi connectivity index (χ3v) is 1.96. The number of amides is 1. The Morgan fingerprint density at radius 1 is 1.33 bits per heavy atom. The number of nitrogens with one attached hydrogen (secondary N) is 1. The lowest BCUT2D eigenvalue weighted by Crippen LogP contribution is -2.35. The Bertz CT molecular complexity index is 291. The average molecular weight is 271 g/mol. The van der Waals surface area contributed by atoms with Gasteiger partial charge < -0.3 is 15.2 Å². The van der Waals surface area contributed by atoms with E-state index in [-0.39, 0.29) is 12.5 Å². The number of rotatable bonds is 6. The monoisotopic (exact) mass is 271 g/mol. The van der Waals surface area contributed by atoms with Gasteiger partial charge in [-0.3, -0.25) is 4.79 Å². The number of alkyl carbamates (subject to hydrolysis) is 1. The third-order valence-electron chi connectivity index (χ3n) is 1.96. The molecule has 0 rings (SSSR count). The molecule has 0 radical (unpaired) electrons. The van der Waals surface area contributed by atoms with Gasteiger partial charge in [-0.2, -0.15) is 13.2 Å². The summed E-state index contributed by atoms with van der Waals surface area (Å²) in [4.78, 5) is 21.7. The van der Waals surface area contributed by atoms with Crippen molar-refractivity contribution >= 4 is 12.1 Å². The fraction of sp³-hybridized carbons (Fsp3) is 0.800. The molecule has 5 nitrogen and oxygen atoms in total. The molecule has 18 heavy (non-hydrogen) atoms. The molecule has 0 aromatic rings. The number of aliphatic carboxylic acids is 1. The molecule has 2 N–H and O–H groups in total. The third kappa shape index (κ3) is 8.66. The van der Waals surface area contributed by atoms with Crippen LogP contribution < -0.4 is 5.32 Å². The summed E-state index contributed by atoms with van der Waals surface area (Å²) in [5.41, 5.74) is 0. The Hall–Kier alpha value is -1.47. The van der Waals surface area contributed by atoms with Crippen LogP contribution in [-0.2, 0) is 9.53 Å². The highest BCUT2D eigenvalue weighted by atomic mass is 19.4. The predicted octanol–water partition coefficient (Wildman–Crippen LogP) is 2.02. The van der Waals surface area contributed by atoms with Crippen molar-refractivity contribution in [2.24, 2.45) is 11.8 Å². The van der Waals surface area contributed by atoms with Gasteiger partial charge in [0.1, 0.15) is 0 Å². The molecule has 1 atom stereocenters. The number of carboxylic acid groups (broad SMARTS) is 1. The van der Waals surface area contributed by atoms with Gasteiger partial charge >= 0.3 is 18.2 Å². The second-order valence-electron chi connectivity index (χ2n) is 4.24. The summed E-state index contributed by atoms with van der Waals surface area (Å²) in [5.74, 6) is -1.86. The summed E-state index contributed by atoms with van der Waals surface area (Å²) >= 11 is 0. The van der Waals surface area contributed by atoms with Crippen molar-refractivity contribution in [3.05, 3.63) is 0 Å². The topological polar surface area (TPSA) is 75.6 Å². The molecule has 0 fully saturated rings. The first-order chi connectivity index (χ1) is 8.11. The molecular weight excluding hydrogens is 255 g/mol. The van der Waals surface area contributed by atoms with Crippen LogP contribution in [0.4, 0.5) is 18.0 Å². The van der Waals surface area contributed by atoms with Gasteiger partial charge in [0, 0.05) is 6.54 Å². The number of ether oxygens (including phenoxy) is 1. The summed E-state index contributed by atoms with van der Waals surface area (Å²) in [6.45, 7) is 1.65. The molecule has 1 unspecified atom stereocenters. The van der Waals surface area contributed by atoms with Crippen LogP contribution in [0.5, 0.6) is 0 Å². The Balaban J connectivity index is 4.04. The normalized spacial score (nSPS) is 13.2. The van der Waals surface area contributed by atoms with Crippen molar-refractivity contribution in [1.29, 1.82) is 0 Å². The number of carbonyl (C=O) groups is 2. The molecule has 0 aliphatic carbocycles. The van der Waals surface area contributed by atoms with Crippen LogP contribution in [0, 0.1) is 11.8 Å². The zero-order valence-electron chi connectivity index (χ0n) is 10.1. The van der Waals surface area contributed by atoms with E-state index in [9.17, 15) is 22.8 Å². The summed E-state index contributed by atoms with van der Waals surface area (Å²) in [6, 6.07) is 0. The first kappa shape index (κ1) is 16.5.